The minimum atomic E-state index is -4.13. The van der Waals surface area contributed by atoms with Crippen LogP contribution in [-0.4, -0.2) is 22.5 Å². The molecule has 1 aromatic heterocycles. The molecular weight excluding hydrogens is 196 g/mol. The van der Waals surface area contributed by atoms with Gasteiger partial charge in [0.1, 0.15) is 0 Å². The fourth-order valence-corrected chi connectivity index (χ4v) is 1.31. The molecule has 0 unspecified atom stereocenters. The molecule has 0 spiro atoms. The van der Waals surface area contributed by atoms with E-state index in [0.717, 1.165) is 0 Å². The maximum Gasteiger partial charge on any atom is 0.343 e. The van der Waals surface area contributed by atoms with E-state index in [1.54, 1.807) is 0 Å². The molecule has 1 aromatic rings. The monoisotopic (exact) mass is 198 g/mol. The van der Waals surface area contributed by atoms with E-state index >= 15 is 0 Å². The number of hydrogen-bond acceptors (Lipinski definition) is 4. The molecule has 0 aliphatic carbocycles. The van der Waals surface area contributed by atoms with Crippen molar-refractivity contribution in [2.24, 2.45) is 0 Å². The first-order valence-corrected chi connectivity index (χ1v) is 4.63. The lowest BCUT2D eigenvalue weighted by Gasteiger charge is -1.88. The average Bonchev–Trinajstić information content (AvgIpc) is 2.08. The van der Waals surface area contributed by atoms with Gasteiger partial charge in [-0.2, -0.15) is 12.4 Å². The molecule has 0 aromatic carbocycles. The topological polar surface area (TPSA) is 92.2 Å². The van der Waals surface area contributed by atoms with Crippen LogP contribution in [0.2, 0.25) is 0 Å². The minimum absolute atomic E-state index is 0.184. The largest absolute Gasteiger partial charge is 0.493 e. The summed E-state index contributed by atoms with van der Waals surface area (Å²) in [5.41, 5.74) is -1.00. The SMILES string of the molecule is O=c1[nH]c(O)cn1S(=O)(=O)Cl. The summed E-state index contributed by atoms with van der Waals surface area (Å²) in [6.07, 6.45) is 0.671. The number of nitrogens with zero attached hydrogens (tertiary/aromatic N) is 1. The molecule has 0 saturated carbocycles. The Morgan fingerprint density at radius 3 is 2.36 bits per heavy atom. The molecule has 1 rings (SSSR count). The summed E-state index contributed by atoms with van der Waals surface area (Å²) in [5.74, 6) is -0.556. The second-order valence-electron chi connectivity index (χ2n) is 1.68. The summed E-state index contributed by atoms with van der Waals surface area (Å²) in [5, 5.41) is 8.60. The molecule has 0 atom stereocenters. The van der Waals surface area contributed by atoms with Gasteiger partial charge in [0, 0.05) is 10.7 Å². The fourth-order valence-electron chi connectivity index (χ4n) is 0.529. The smallest absolute Gasteiger partial charge is 0.343 e. The summed E-state index contributed by atoms with van der Waals surface area (Å²) >= 11 is 0. The zero-order valence-corrected chi connectivity index (χ0v) is 6.56. The Labute approximate surface area is 65.6 Å². The van der Waals surface area contributed by atoms with Crippen molar-refractivity contribution in [3.8, 4) is 5.88 Å². The van der Waals surface area contributed by atoms with Crippen molar-refractivity contribution in [1.29, 1.82) is 0 Å². The molecule has 0 bridgehead atoms. The van der Waals surface area contributed by atoms with Crippen molar-refractivity contribution in [3.63, 3.8) is 0 Å². The summed E-state index contributed by atoms with van der Waals surface area (Å²) in [6, 6.07) is 0. The van der Waals surface area contributed by atoms with Crippen molar-refractivity contribution in [2.45, 2.75) is 0 Å². The van der Waals surface area contributed by atoms with Crippen LogP contribution in [0.15, 0.2) is 11.0 Å². The van der Waals surface area contributed by atoms with Crippen molar-refractivity contribution < 1.29 is 13.5 Å². The molecule has 2 N–H and O–H groups in total. The first-order chi connectivity index (χ1) is 4.91. The molecule has 0 saturated heterocycles. The van der Waals surface area contributed by atoms with Crippen LogP contribution in [0, 0.1) is 0 Å². The lowest BCUT2D eigenvalue weighted by Crippen LogP contribution is -2.19. The Balaban J connectivity index is 3.49. The van der Waals surface area contributed by atoms with Crippen LogP contribution in [0.5, 0.6) is 5.88 Å². The Hall–Kier alpha value is -0.950. The highest BCUT2D eigenvalue weighted by Gasteiger charge is 2.12. The number of H-pyrrole nitrogens is 1. The fraction of sp³-hybridized carbons (Fsp3) is 0. The predicted octanol–water partition coefficient (Wildman–Crippen LogP) is -0.786. The number of rotatable bonds is 1. The quantitative estimate of drug-likeness (QED) is 0.579. The van der Waals surface area contributed by atoms with Crippen molar-refractivity contribution >= 4 is 19.9 Å². The van der Waals surface area contributed by atoms with Crippen LogP contribution >= 0.6 is 10.7 Å². The summed E-state index contributed by atoms with van der Waals surface area (Å²) in [4.78, 5) is 12.4. The van der Waals surface area contributed by atoms with E-state index in [9.17, 15) is 13.2 Å². The minimum Gasteiger partial charge on any atom is -0.493 e. The second kappa shape index (κ2) is 2.28. The first kappa shape index (κ1) is 8.15. The normalized spacial score (nSPS) is 11.7. The van der Waals surface area contributed by atoms with Gasteiger partial charge in [0.2, 0.25) is 5.88 Å². The Morgan fingerprint density at radius 2 is 2.18 bits per heavy atom. The molecule has 0 aliphatic rings. The summed E-state index contributed by atoms with van der Waals surface area (Å²) < 4.78 is 21.1. The second-order valence-corrected chi connectivity index (χ2v) is 4.07. The molecule has 62 valence electrons. The maximum absolute atomic E-state index is 10.6. The highest BCUT2D eigenvalue weighted by Crippen LogP contribution is 2.04. The third kappa shape index (κ3) is 1.55. The molecule has 0 radical (unpaired) electrons. The van der Waals surface area contributed by atoms with Crippen molar-refractivity contribution in [3.05, 3.63) is 16.7 Å². The van der Waals surface area contributed by atoms with Crippen LogP contribution in [0.25, 0.3) is 0 Å². The van der Waals surface area contributed by atoms with E-state index in [-0.39, 0.29) is 3.97 Å². The molecule has 1 heterocycles. The van der Waals surface area contributed by atoms with E-state index in [0.29, 0.717) is 6.20 Å². The van der Waals surface area contributed by atoms with Gasteiger partial charge >= 0.3 is 14.9 Å². The molecule has 0 fully saturated rings. The lowest BCUT2D eigenvalue weighted by molar-refractivity contribution is 0.455. The van der Waals surface area contributed by atoms with Gasteiger partial charge < -0.3 is 5.11 Å². The standard InChI is InChI=1S/C3H3ClN2O4S/c4-11(9,10)6-1-2(7)5-3(6)8/h1,7H,(H,5,8). The highest BCUT2D eigenvalue weighted by atomic mass is 35.7. The number of nitrogens with one attached hydrogen (secondary N) is 1. The lowest BCUT2D eigenvalue weighted by atomic mass is 10.9. The number of hydrogen-bond donors (Lipinski definition) is 2. The molecular formula is C3H3ClN2O4S. The zero-order chi connectivity index (χ0) is 8.65. The van der Waals surface area contributed by atoms with Gasteiger partial charge in [0.05, 0.1) is 6.20 Å². The van der Waals surface area contributed by atoms with Gasteiger partial charge in [0.15, 0.2) is 0 Å². The van der Waals surface area contributed by atoms with Gasteiger partial charge in [0.25, 0.3) is 0 Å². The number of aromatic nitrogens is 2. The zero-order valence-electron chi connectivity index (χ0n) is 4.98. The molecule has 8 heteroatoms. The number of aromatic amines is 1. The van der Waals surface area contributed by atoms with Crippen LogP contribution in [0.1, 0.15) is 0 Å². The van der Waals surface area contributed by atoms with E-state index in [4.69, 9.17) is 15.8 Å². The highest BCUT2D eigenvalue weighted by molar-refractivity contribution is 8.12. The maximum atomic E-state index is 10.6. The van der Waals surface area contributed by atoms with Gasteiger partial charge in [-0.1, -0.05) is 0 Å². The van der Waals surface area contributed by atoms with E-state index in [1.165, 1.54) is 0 Å². The molecule has 11 heavy (non-hydrogen) atoms. The van der Waals surface area contributed by atoms with Gasteiger partial charge in [-0.3, -0.25) is 4.98 Å². The van der Waals surface area contributed by atoms with E-state index in [2.05, 4.69) is 0 Å². The Bertz CT molecular complexity index is 415. The van der Waals surface area contributed by atoms with Gasteiger partial charge in [-0.05, 0) is 0 Å². The summed E-state index contributed by atoms with van der Waals surface area (Å²) in [6.45, 7) is 0. The number of halogens is 1. The molecule has 0 amide bonds. The average molecular weight is 199 g/mol. The van der Waals surface area contributed by atoms with Crippen LogP contribution < -0.4 is 5.69 Å². The Morgan fingerprint density at radius 1 is 1.64 bits per heavy atom. The molecule has 6 nitrogen and oxygen atoms in total. The van der Waals surface area contributed by atoms with Crippen molar-refractivity contribution in [2.75, 3.05) is 0 Å². The van der Waals surface area contributed by atoms with Gasteiger partial charge in [-0.15, -0.1) is 0 Å². The van der Waals surface area contributed by atoms with E-state index in [1.807, 2.05) is 4.98 Å². The number of imidazole rings is 1. The third-order valence-electron chi connectivity index (χ3n) is 0.910. The van der Waals surface area contributed by atoms with E-state index < -0.39 is 20.8 Å². The van der Waals surface area contributed by atoms with Crippen LogP contribution in [0.4, 0.5) is 0 Å². The van der Waals surface area contributed by atoms with Crippen LogP contribution in [0.3, 0.4) is 0 Å². The van der Waals surface area contributed by atoms with Crippen molar-refractivity contribution in [1.82, 2.24) is 8.96 Å². The Kier molecular flexibility index (Phi) is 1.69. The summed E-state index contributed by atoms with van der Waals surface area (Å²) in [7, 11) is 0.654. The molecule has 0 aliphatic heterocycles. The first-order valence-electron chi connectivity index (χ1n) is 2.37. The van der Waals surface area contributed by atoms with Gasteiger partial charge in [-0.25, -0.2) is 4.79 Å². The number of aromatic hydroxyl groups is 1. The third-order valence-corrected chi connectivity index (χ3v) is 2.10. The van der Waals surface area contributed by atoms with Crippen LogP contribution in [-0.2, 0) is 9.24 Å². The predicted molar refractivity (Wildman–Crippen MR) is 36.9 cm³/mol.